The third-order valence-electron chi connectivity index (χ3n) is 4.52. The van der Waals surface area contributed by atoms with Crippen LogP contribution in [0.3, 0.4) is 0 Å². The molecule has 2 aliphatic carbocycles. The fraction of sp³-hybridized carbons (Fsp3) is 0.600. The smallest absolute Gasteiger partial charge is 0.292 e. The van der Waals surface area contributed by atoms with Crippen molar-refractivity contribution >= 4 is 11.4 Å². The molecule has 5 heteroatoms. The molecule has 0 amide bonds. The first-order valence-electron chi connectivity index (χ1n) is 7.34. The molecular weight excluding hydrogens is 259 g/mol. The number of hydrogen-bond acceptors (Lipinski definition) is 3. The summed E-state index contributed by atoms with van der Waals surface area (Å²) in [5, 5.41) is 14.2. The minimum absolute atomic E-state index is 0.0417. The summed E-state index contributed by atoms with van der Waals surface area (Å²) in [7, 11) is 0. The van der Waals surface area contributed by atoms with Gasteiger partial charge < -0.3 is 5.32 Å². The van der Waals surface area contributed by atoms with Crippen LogP contribution in [0.2, 0.25) is 0 Å². The Hall–Kier alpha value is -1.65. The molecule has 0 radical (unpaired) electrons. The molecule has 2 aliphatic rings. The number of anilines is 1. The van der Waals surface area contributed by atoms with E-state index in [1.165, 1.54) is 31.4 Å². The van der Waals surface area contributed by atoms with Gasteiger partial charge in [0.05, 0.1) is 4.92 Å². The molecule has 1 aromatic rings. The minimum Gasteiger partial charge on any atom is -0.377 e. The molecule has 0 aliphatic heterocycles. The fourth-order valence-electron chi connectivity index (χ4n) is 3.36. The van der Waals surface area contributed by atoms with E-state index in [-0.39, 0.29) is 11.7 Å². The molecule has 0 spiro atoms. The van der Waals surface area contributed by atoms with Crippen LogP contribution in [0.15, 0.2) is 18.2 Å². The summed E-state index contributed by atoms with van der Waals surface area (Å²) in [6, 6.07) is 3.84. The molecule has 2 atom stereocenters. The minimum atomic E-state index is -0.455. The van der Waals surface area contributed by atoms with Crippen LogP contribution in [0.25, 0.3) is 0 Å². The van der Waals surface area contributed by atoms with Crippen LogP contribution in [0.5, 0.6) is 0 Å². The Morgan fingerprint density at radius 1 is 1.20 bits per heavy atom. The van der Waals surface area contributed by atoms with E-state index < -0.39 is 10.7 Å². The molecule has 2 saturated carbocycles. The second kappa shape index (κ2) is 5.38. The lowest BCUT2D eigenvalue weighted by Gasteiger charge is -2.30. The van der Waals surface area contributed by atoms with Gasteiger partial charge in [0.15, 0.2) is 0 Å². The highest BCUT2D eigenvalue weighted by molar-refractivity contribution is 5.61. The summed E-state index contributed by atoms with van der Waals surface area (Å²) in [5.74, 6) is 1.17. The molecule has 1 aromatic carbocycles. The Morgan fingerprint density at radius 3 is 2.70 bits per heavy atom. The van der Waals surface area contributed by atoms with Crippen LogP contribution in [0.1, 0.15) is 38.5 Å². The molecule has 0 heterocycles. The second-order valence-corrected chi connectivity index (χ2v) is 6.02. The number of nitro benzene ring substituents is 1. The van der Waals surface area contributed by atoms with E-state index in [0.717, 1.165) is 37.2 Å². The quantitative estimate of drug-likeness (QED) is 0.666. The highest BCUT2D eigenvalue weighted by Crippen LogP contribution is 2.44. The van der Waals surface area contributed by atoms with Crippen molar-refractivity contribution in [1.82, 2.24) is 0 Å². The third-order valence-corrected chi connectivity index (χ3v) is 4.52. The van der Waals surface area contributed by atoms with Gasteiger partial charge in [0.2, 0.25) is 0 Å². The van der Waals surface area contributed by atoms with Crippen molar-refractivity contribution in [3.8, 4) is 0 Å². The average molecular weight is 278 g/mol. The predicted octanol–water partition coefficient (Wildman–Crippen LogP) is 4.11. The maximum Gasteiger partial charge on any atom is 0.292 e. The van der Waals surface area contributed by atoms with E-state index in [0.29, 0.717) is 5.69 Å². The molecular formula is C15H19FN2O2. The molecule has 20 heavy (non-hydrogen) atoms. The number of hydrogen-bond donors (Lipinski definition) is 1. The van der Waals surface area contributed by atoms with E-state index in [1.54, 1.807) is 0 Å². The van der Waals surface area contributed by atoms with E-state index in [9.17, 15) is 14.5 Å². The lowest BCUT2D eigenvalue weighted by molar-refractivity contribution is -0.384. The molecule has 2 unspecified atom stereocenters. The van der Waals surface area contributed by atoms with Crippen LogP contribution in [-0.4, -0.2) is 11.0 Å². The summed E-state index contributed by atoms with van der Waals surface area (Å²) in [6.45, 7) is 0. The topological polar surface area (TPSA) is 55.2 Å². The maximum atomic E-state index is 13.3. The third kappa shape index (κ3) is 2.92. The van der Waals surface area contributed by atoms with Crippen LogP contribution < -0.4 is 5.32 Å². The monoisotopic (exact) mass is 278 g/mol. The van der Waals surface area contributed by atoms with E-state index >= 15 is 0 Å². The normalized spacial score (nSPS) is 26.2. The van der Waals surface area contributed by atoms with E-state index in [1.807, 2.05) is 0 Å². The van der Waals surface area contributed by atoms with Crippen molar-refractivity contribution in [3.63, 3.8) is 0 Å². The standard InChI is InChI=1S/C15H19FN2O2/c16-12-6-7-15(18(19)20)14(9-12)17-13-3-1-2-11(8-13)10-4-5-10/h6-7,9-11,13,17H,1-5,8H2. The van der Waals surface area contributed by atoms with Gasteiger partial charge in [-0.05, 0) is 43.6 Å². The Morgan fingerprint density at radius 2 is 2.00 bits per heavy atom. The first-order chi connectivity index (χ1) is 9.63. The largest absolute Gasteiger partial charge is 0.377 e. The van der Waals surface area contributed by atoms with Crippen molar-refractivity contribution in [2.75, 3.05) is 5.32 Å². The number of nitrogens with zero attached hydrogens (tertiary/aromatic N) is 1. The van der Waals surface area contributed by atoms with Gasteiger partial charge >= 0.3 is 0 Å². The van der Waals surface area contributed by atoms with Crippen molar-refractivity contribution in [2.45, 2.75) is 44.6 Å². The van der Waals surface area contributed by atoms with Gasteiger partial charge in [0.25, 0.3) is 5.69 Å². The zero-order valence-electron chi connectivity index (χ0n) is 11.3. The molecule has 0 saturated heterocycles. The van der Waals surface area contributed by atoms with Crippen molar-refractivity contribution in [1.29, 1.82) is 0 Å². The number of rotatable bonds is 4. The SMILES string of the molecule is O=[N+]([O-])c1ccc(F)cc1NC1CCCC(C2CC2)C1. The highest BCUT2D eigenvalue weighted by atomic mass is 19.1. The molecule has 0 aromatic heterocycles. The molecule has 1 N–H and O–H groups in total. The number of nitrogens with one attached hydrogen (secondary N) is 1. The molecule has 2 fully saturated rings. The molecule has 4 nitrogen and oxygen atoms in total. The first-order valence-corrected chi connectivity index (χ1v) is 7.34. The van der Waals surface area contributed by atoms with E-state index in [2.05, 4.69) is 5.32 Å². The number of nitro groups is 1. The Bertz CT molecular complexity index is 517. The summed E-state index contributed by atoms with van der Waals surface area (Å²) in [4.78, 5) is 10.5. The van der Waals surface area contributed by atoms with Crippen LogP contribution >= 0.6 is 0 Å². The Labute approximate surface area is 117 Å². The zero-order chi connectivity index (χ0) is 14.1. The first kappa shape index (κ1) is 13.3. The van der Waals surface area contributed by atoms with Gasteiger partial charge in [0, 0.05) is 18.2 Å². The Kier molecular flexibility index (Phi) is 3.59. The van der Waals surface area contributed by atoms with Crippen LogP contribution in [0, 0.1) is 27.8 Å². The summed E-state index contributed by atoms with van der Waals surface area (Å²) < 4.78 is 13.3. The van der Waals surface area contributed by atoms with Gasteiger partial charge in [-0.25, -0.2) is 4.39 Å². The highest BCUT2D eigenvalue weighted by Gasteiger charge is 2.35. The van der Waals surface area contributed by atoms with Crippen molar-refractivity contribution < 1.29 is 9.31 Å². The maximum absolute atomic E-state index is 13.3. The number of benzene rings is 1. The van der Waals surface area contributed by atoms with E-state index in [4.69, 9.17) is 0 Å². The van der Waals surface area contributed by atoms with Crippen molar-refractivity contribution in [2.24, 2.45) is 11.8 Å². The second-order valence-electron chi connectivity index (χ2n) is 6.02. The van der Waals surface area contributed by atoms with Gasteiger partial charge in [-0.2, -0.15) is 0 Å². The lowest BCUT2D eigenvalue weighted by atomic mass is 9.82. The fourth-order valence-corrected chi connectivity index (χ4v) is 3.36. The van der Waals surface area contributed by atoms with Gasteiger partial charge in [-0.15, -0.1) is 0 Å². The number of halogens is 1. The van der Waals surface area contributed by atoms with Crippen LogP contribution in [0.4, 0.5) is 15.8 Å². The summed E-state index contributed by atoms with van der Waals surface area (Å²) in [6.07, 6.45) is 7.15. The van der Waals surface area contributed by atoms with Crippen molar-refractivity contribution in [3.05, 3.63) is 34.1 Å². The van der Waals surface area contributed by atoms with Gasteiger partial charge in [-0.1, -0.05) is 12.8 Å². The summed E-state index contributed by atoms with van der Waals surface area (Å²) in [5.41, 5.74) is 0.274. The van der Waals surface area contributed by atoms with Gasteiger partial charge in [0.1, 0.15) is 11.5 Å². The van der Waals surface area contributed by atoms with Gasteiger partial charge in [-0.3, -0.25) is 10.1 Å². The molecule has 0 bridgehead atoms. The average Bonchev–Trinajstić information content (AvgIpc) is 3.23. The van der Waals surface area contributed by atoms with Crippen LogP contribution in [-0.2, 0) is 0 Å². The Balaban J connectivity index is 1.73. The zero-order valence-corrected chi connectivity index (χ0v) is 11.3. The summed E-state index contributed by atoms with van der Waals surface area (Å²) >= 11 is 0. The lowest BCUT2D eigenvalue weighted by Crippen LogP contribution is -2.28. The molecule has 108 valence electrons. The predicted molar refractivity (Wildman–Crippen MR) is 75.1 cm³/mol. The molecule has 3 rings (SSSR count).